The van der Waals surface area contributed by atoms with E-state index in [-0.39, 0.29) is 5.56 Å². The zero-order valence-corrected chi connectivity index (χ0v) is 13.6. The van der Waals surface area contributed by atoms with Crippen molar-refractivity contribution in [3.05, 3.63) is 57.5 Å². The second kappa shape index (κ2) is 6.63. The van der Waals surface area contributed by atoms with Crippen LogP contribution in [0.5, 0.6) is 0 Å². The number of rotatable bonds is 3. The summed E-state index contributed by atoms with van der Waals surface area (Å²) >= 11 is 7.87. The predicted molar refractivity (Wildman–Crippen MR) is 81.6 cm³/mol. The third-order valence-corrected chi connectivity index (χ3v) is 4.65. The van der Waals surface area contributed by atoms with Crippen LogP contribution in [0.4, 0.5) is 0 Å². The molecular weight excluding hydrogens is 364 g/mol. The zero-order chi connectivity index (χ0) is 14.7. The van der Waals surface area contributed by atoms with E-state index < -0.39 is 17.1 Å². The van der Waals surface area contributed by atoms with E-state index in [1.54, 1.807) is 30.3 Å². The average molecular weight is 374 g/mol. The van der Waals surface area contributed by atoms with Gasteiger partial charge in [0.2, 0.25) is 0 Å². The maximum absolute atomic E-state index is 12.5. The molecule has 0 N–H and O–H groups in total. The fourth-order valence-electron chi connectivity index (χ4n) is 1.60. The number of methoxy groups -OCH3 is 1. The average Bonchev–Trinajstić information content (AvgIpc) is 2.45. The van der Waals surface area contributed by atoms with Crippen molar-refractivity contribution < 1.29 is 14.1 Å². The van der Waals surface area contributed by atoms with Gasteiger partial charge in [-0.15, -0.1) is 0 Å². The molecule has 0 fully saturated rings. The van der Waals surface area contributed by atoms with Crippen molar-refractivity contribution >= 4 is 44.7 Å². The van der Waals surface area contributed by atoms with E-state index in [1.165, 1.54) is 19.2 Å². The number of ether oxygens (including phenoxy) is 1. The number of hydrogen-bond acceptors (Lipinski definition) is 3. The topological polar surface area (TPSA) is 49.4 Å². The molecule has 3 nitrogen and oxygen atoms in total. The second-order valence-corrected chi connectivity index (χ2v) is 6.72. The first-order valence-corrected chi connectivity index (χ1v) is 7.89. The minimum Gasteiger partial charge on any atom is -0.606 e. The van der Waals surface area contributed by atoms with E-state index in [9.17, 15) is 9.35 Å². The van der Waals surface area contributed by atoms with Gasteiger partial charge in [-0.1, -0.05) is 27.5 Å². The van der Waals surface area contributed by atoms with Crippen molar-refractivity contribution in [2.45, 2.75) is 9.79 Å². The highest BCUT2D eigenvalue weighted by molar-refractivity contribution is 9.10. The number of benzene rings is 2. The van der Waals surface area contributed by atoms with Crippen molar-refractivity contribution in [3.63, 3.8) is 0 Å². The van der Waals surface area contributed by atoms with E-state index in [4.69, 9.17) is 11.6 Å². The van der Waals surface area contributed by atoms with Crippen LogP contribution in [0.2, 0.25) is 5.02 Å². The lowest BCUT2D eigenvalue weighted by molar-refractivity contribution is 0.0600. The number of halogens is 2. The molecule has 0 aliphatic carbocycles. The third-order valence-electron chi connectivity index (χ3n) is 2.53. The van der Waals surface area contributed by atoms with Crippen molar-refractivity contribution in [1.29, 1.82) is 0 Å². The largest absolute Gasteiger partial charge is 0.606 e. The Morgan fingerprint density at radius 1 is 1.20 bits per heavy atom. The predicted octanol–water partition coefficient (Wildman–Crippen LogP) is 4.06. The summed E-state index contributed by atoms with van der Waals surface area (Å²) in [6.45, 7) is 0. The number of carbonyl (C=O) groups is 1. The molecule has 0 saturated heterocycles. The quantitative estimate of drug-likeness (QED) is 0.602. The molecule has 104 valence electrons. The molecule has 6 heteroatoms. The second-order valence-electron chi connectivity index (χ2n) is 3.89. The summed E-state index contributed by atoms with van der Waals surface area (Å²) in [4.78, 5) is 12.6. The maximum Gasteiger partial charge on any atom is 0.338 e. The first-order chi connectivity index (χ1) is 9.51. The van der Waals surface area contributed by atoms with Gasteiger partial charge in [0.1, 0.15) is 0 Å². The van der Waals surface area contributed by atoms with Crippen molar-refractivity contribution in [2.24, 2.45) is 0 Å². The summed E-state index contributed by atoms with van der Waals surface area (Å²) in [6.07, 6.45) is 0. The Hall–Kier alpha value is -1.01. The van der Waals surface area contributed by atoms with Crippen LogP contribution in [0.3, 0.4) is 0 Å². The Balaban J connectivity index is 2.39. The first kappa shape index (κ1) is 15.4. The molecule has 1 atom stereocenters. The van der Waals surface area contributed by atoms with Crippen LogP contribution in [0.15, 0.2) is 56.7 Å². The molecule has 2 aromatic carbocycles. The Kier molecular flexibility index (Phi) is 5.10. The highest BCUT2D eigenvalue weighted by Gasteiger charge is 2.18. The van der Waals surface area contributed by atoms with E-state index >= 15 is 0 Å². The minimum absolute atomic E-state index is 0.278. The van der Waals surface area contributed by atoms with E-state index in [0.29, 0.717) is 14.8 Å². The maximum atomic E-state index is 12.5. The molecule has 0 radical (unpaired) electrons. The van der Waals surface area contributed by atoms with Crippen LogP contribution in [-0.2, 0) is 15.9 Å². The van der Waals surface area contributed by atoms with Crippen molar-refractivity contribution in [3.8, 4) is 0 Å². The summed E-state index contributed by atoms with van der Waals surface area (Å²) in [6, 6.07) is 11.7. The monoisotopic (exact) mass is 372 g/mol. The van der Waals surface area contributed by atoms with Crippen molar-refractivity contribution in [1.82, 2.24) is 0 Å². The standard InChI is InChI=1S/C14H10BrClO3S/c1-19-14(17)9-6-11(16)8-13(7-9)20(18)12-4-2-10(15)3-5-12/h2-8H,1H3. The van der Waals surface area contributed by atoms with Crippen LogP contribution in [-0.4, -0.2) is 17.6 Å². The van der Waals surface area contributed by atoms with Gasteiger partial charge in [0.05, 0.1) is 12.7 Å². The van der Waals surface area contributed by atoms with E-state index in [0.717, 1.165) is 4.47 Å². The molecule has 0 heterocycles. The summed E-state index contributed by atoms with van der Waals surface area (Å²) in [5, 5.41) is 0.341. The molecule has 0 aliphatic heterocycles. The van der Waals surface area contributed by atoms with Gasteiger partial charge >= 0.3 is 5.97 Å². The van der Waals surface area contributed by atoms with Crippen LogP contribution in [0, 0.1) is 0 Å². The molecule has 0 bridgehead atoms. The van der Waals surface area contributed by atoms with Gasteiger partial charge in [0.15, 0.2) is 9.79 Å². The number of esters is 1. The fraction of sp³-hybridized carbons (Fsp3) is 0.0714. The molecule has 0 saturated carbocycles. The summed E-state index contributed by atoms with van der Waals surface area (Å²) in [5.41, 5.74) is 0.278. The number of carbonyl (C=O) groups excluding carboxylic acids is 1. The van der Waals surface area contributed by atoms with Crippen LogP contribution >= 0.6 is 27.5 Å². The van der Waals surface area contributed by atoms with Gasteiger partial charge in [-0.25, -0.2) is 4.79 Å². The van der Waals surface area contributed by atoms with Gasteiger partial charge in [-0.05, 0) is 30.3 Å². The Labute approximate surface area is 133 Å². The molecule has 20 heavy (non-hydrogen) atoms. The zero-order valence-electron chi connectivity index (χ0n) is 10.4. The molecule has 1 unspecified atom stereocenters. The first-order valence-electron chi connectivity index (χ1n) is 5.57. The lowest BCUT2D eigenvalue weighted by Crippen LogP contribution is -2.06. The smallest absolute Gasteiger partial charge is 0.338 e. The lowest BCUT2D eigenvalue weighted by atomic mass is 10.2. The molecule has 2 rings (SSSR count). The molecule has 0 aromatic heterocycles. The molecular formula is C14H10BrClO3S. The Morgan fingerprint density at radius 3 is 2.45 bits per heavy atom. The van der Waals surface area contributed by atoms with Gasteiger partial charge in [0.25, 0.3) is 0 Å². The van der Waals surface area contributed by atoms with Crippen LogP contribution < -0.4 is 0 Å². The highest BCUT2D eigenvalue weighted by Crippen LogP contribution is 2.26. The van der Waals surface area contributed by atoms with Crippen LogP contribution in [0.25, 0.3) is 0 Å². The van der Waals surface area contributed by atoms with Crippen molar-refractivity contribution in [2.75, 3.05) is 7.11 Å². The molecule has 0 aliphatic rings. The van der Waals surface area contributed by atoms with Gasteiger partial charge in [-0.2, -0.15) is 0 Å². The van der Waals surface area contributed by atoms with Crippen LogP contribution in [0.1, 0.15) is 10.4 Å². The molecule has 2 aromatic rings. The summed E-state index contributed by atoms with van der Waals surface area (Å²) in [7, 11) is 1.29. The Bertz CT molecular complexity index is 631. The Morgan fingerprint density at radius 2 is 1.85 bits per heavy atom. The van der Waals surface area contributed by atoms with Gasteiger partial charge < -0.3 is 9.29 Å². The number of hydrogen-bond donors (Lipinski definition) is 0. The summed E-state index contributed by atoms with van der Waals surface area (Å²) < 4.78 is 18.0. The summed E-state index contributed by atoms with van der Waals surface area (Å²) in [5.74, 6) is -0.512. The normalized spacial score (nSPS) is 12.0. The van der Waals surface area contributed by atoms with E-state index in [1.807, 2.05) is 0 Å². The van der Waals surface area contributed by atoms with Gasteiger partial charge in [-0.3, -0.25) is 0 Å². The molecule has 0 spiro atoms. The fourth-order valence-corrected chi connectivity index (χ4v) is 3.29. The SMILES string of the molecule is COC(=O)c1cc(Cl)cc([S+]([O-])c2ccc(Br)cc2)c1. The minimum atomic E-state index is -1.41. The third kappa shape index (κ3) is 3.55. The lowest BCUT2D eigenvalue weighted by Gasteiger charge is -2.11. The highest BCUT2D eigenvalue weighted by atomic mass is 79.9. The molecule has 0 amide bonds. The van der Waals surface area contributed by atoms with Gasteiger partial charge in [0, 0.05) is 32.8 Å². The van der Waals surface area contributed by atoms with E-state index in [2.05, 4.69) is 20.7 Å².